The Kier molecular flexibility index (Phi) is 3.84. The summed E-state index contributed by atoms with van der Waals surface area (Å²) in [5.74, 6) is 0.832. The molecule has 1 atom stereocenters. The summed E-state index contributed by atoms with van der Waals surface area (Å²) in [6.45, 7) is 4.42. The van der Waals surface area contributed by atoms with Gasteiger partial charge in [0, 0.05) is 13.6 Å². The Labute approximate surface area is 115 Å². The summed E-state index contributed by atoms with van der Waals surface area (Å²) in [7, 11) is 1.77. The number of nitrogens with two attached hydrogens (primary N) is 1. The topological polar surface area (TPSA) is 84.1 Å². The summed E-state index contributed by atoms with van der Waals surface area (Å²) in [6.07, 6.45) is 0. The Morgan fingerprint density at radius 2 is 2.32 bits per heavy atom. The van der Waals surface area contributed by atoms with Gasteiger partial charge in [-0.05, 0) is 25.3 Å². The molecule has 2 aromatic rings. The minimum Gasteiger partial charge on any atom is -0.368 e. The molecule has 1 amide bonds. The molecular formula is C12H17N5OS. The van der Waals surface area contributed by atoms with Gasteiger partial charge >= 0.3 is 0 Å². The smallest absolute Gasteiger partial charge is 0.244 e. The van der Waals surface area contributed by atoms with Gasteiger partial charge < -0.3 is 16.0 Å². The van der Waals surface area contributed by atoms with Crippen molar-refractivity contribution in [3.63, 3.8) is 0 Å². The number of rotatable bonds is 4. The predicted molar refractivity (Wildman–Crippen MR) is 78.2 cm³/mol. The summed E-state index contributed by atoms with van der Waals surface area (Å²) >= 11 is 1.50. The van der Waals surface area contributed by atoms with Gasteiger partial charge in [0.2, 0.25) is 11.9 Å². The highest BCUT2D eigenvalue weighted by atomic mass is 32.1. The van der Waals surface area contributed by atoms with Crippen LogP contribution in [0.25, 0.3) is 10.2 Å². The third-order valence-corrected chi connectivity index (χ3v) is 3.72. The summed E-state index contributed by atoms with van der Waals surface area (Å²) in [4.78, 5) is 22.8. The first-order chi connectivity index (χ1) is 9.02. The van der Waals surface area contributed by atoms with Crippen molar-refractivity contribution in [1.82, 2.24) is 14.9 Å². The van der Waals surface area contributed by atoms with Crippen molar-refractivity contribution < 1.29 is 4.79 Å². The molecule has 0 radical (unpaired) electrons. The van der Waals surface area contributed by atoms with Crippen LogP contribution in [-0.4, -0.2) is 40.4 Å². The number of nitrogen functional groups attached to an aromatic ring is 1. The molecule has 3 N–H and O–H groups in total. The number of fused-ring (bicyclic) bond motifs is 1. The lowest BCUT2D eigenvalue weighted by Gasteiger charge is -2.21. The number of anilines is 2. The monoisotopic (exact) mass is 279 g/mol. The quantitative estimate of drug-likeness (QED) is 0.887. The van der Waals surface area contributed by atoms with Gasteiger partial charge in [0.1, 0.15) is 16.7 Å². The summed E-state index contributed by atoms with van der Waals surface area (Å²) in [5.41, 5.74) is 5.67. The molecule has 0 aromatic carbocycles. The van der Waals surface area contributed by atoms with Crippen LogP contribution in [0.3, 0.4) is 0 Å². The number of likely N-dealkylation sites (N-methyl/N-ethyl adjacent to an activating group) is 1. The van der Waals surface area contributed by atoms with Crippen molar-refractivity contribution in [1.29, 1.82) is 0 Å². The Morgan fingerprint density at radius 1 is 1.58 bits per heavy atom. The second-order valence-electron chi connectivity index (χ2n) is 4.29. The fourth-order valence-electron chi connectivity index (χ4n) is 1.74. The van der Waals surface area contributed by atoms with Crippen molar-refractivity contribution in [2.75, 3.05) is 24.6 Å². The number of carbonyl (C=O) groups excluding carboxylic acids is 1. The van der Waals surface area contributed by atoms with E-state index in [0.29, 0.717) is 12.4 Å². The third-order valence-electron chi connectivity index (χ3n) is 2.92. The van der Waals surface area contributed by atoms with Gasteiger partial charge in [0.15, 0.2) is 0 Å². The number of aromatic nitrogens is 2. The Hall–Kier alpha value is -1.89. The number of thiophene rings is 1. The number of nitrogens with one attached hydrogen (secondary N) is 1. The number of hydrogen-bond acceptors (Lipinski definition) is 6. The largest absolute Gasteiger partial charge is 0.368 e. The highest BCUT2D eigenvalue weighted by molar-refractivity contribution is 7.16. The maximum absolute atomic E-state index is 12.0. The van der Waals surface area contributed by atoms with E-state index in [1.54, 1.807) is 11.9 Å². The van der Waals surface area contributed by atoms with Gasteiger partial charge in [0.25, 0.3) is 0 Å². The second-order valence-corrected chi connectivity index (χ2v) is 5.18. The molecule has 1 unspecified atom stereocenters. The molecule has 0 aliphatic carbocycles. The zero-order chi connectivity index (χ0) is 14.0. The first-order valence-electron chi connectivity index (χ1n) is 6.05. The van der Waals surface area contributed by atoms with E-state index in [-0.39, 0.29) is 17.9 Å². The van der Waals surface area contributed by atoms with Gasteiger partial charge in [-0.2, -0.15) is 4.98 Å². The van der Waals surface area contributed by atoms with E-state index in [2.05, 4.69) is 15.3 Å². The van der Waals surface area contributed by atoms with Crippen molar-refractivity contribution >= 4 is 39.2 Å². The molecule has 0 bridgehead atoms. The Bertz CT molecular complexity index is 597. The van der Waals surface area contributed by atoms with E-state index in [1.165, 1.54) is 11.3 Å². The lowest BCUT2D eigenvalue weighted by Crippen LogP contribution is -2.39. The van der Waals surface area contributed by atoms with Crippen LogP contribution >= 0.6 is 11.3 Å². The molecule has 0 spiro atoms. The number of amides is 1. The van der Waals surface area contributed by atoms with E-state index < -0.39 is 0 Å². The van der Waals surface area contributed by atoms with Crippen molar-refractivity contribution in [2.24, 2.45) is 0 Å². The standard InChI is InChI=1S/C12H17N5OS/c1-4-17(3)11(18)7(2)14-9-8-5-6-19-10(8)16-12(13)15-9/h5-7H,4H2,1-3H3,(H3,13,14,15,16). The van der Waals surface area contributed by atoms with E-state index in [1.807, 2.05) is 25.3 Å². The van der Waals surface area contributed by atoms with Crippen molar-refractivity contribution in [3.05, 3.63) is 11.4 Å². The van der Waals surface area contributed by atoms with Crippen LogP contribution in [0.15, 0.2) is 11.4 Å². The van der Waals surface area contributed by atoms with Crippen LogP contribution in [0.4, 0.5) is 11.8 Å². The average molecular weight is 279 g/mol. The lowest BCUT2D eigenvalue weighted by atomic mass is 10.2. The van der Waals surface area contributed by atoms with Crippen LogP contribution in [0.5, 0.6) is 0 Å². The molecule has 0 aliphatic rings. The molecule has 0 aliphatic heterocycles. The number of carbonyl (C=O) groups is 1. The van der Waals surface area contributed by atoms with E-state index in [9.17, 15) is 4.79 Å². The van der Waals surface area contributed by atoms with Crippen LogP contribution in [0.1, 0.15) is 13.8 Å². The van der Waals surface area contributed by atoms with Crippen molar-refractivity contribution in [2.45, 2.75) is 19.9 Å². The Balaban J connectivity index is 2.26. The van der Waals surface area contributed by atoms with Gasteiger partial charge in [-0.15, -0.1) is 11.3 Å². The van der Waals surface area contributed by atoms with Gasteiger partial charge in [-0.1, -0.05) is 0 Å². The second kappa shape index (κ2) is 5.40. The molecule has 0 fully saturated rings. The molecule has 2 rings (SSSR count). The fourth-order valence-corrected chi connectivity index (χ4v) is 2.51. The van der Waals surface area contributed by atoms with E-state index in [0.717, 1.165) is 10.2 Å². The molecule has 2 aromatic heterocycles. The molecule has 2 heterocycles. The summed E-state index contributed by atoms with van der Waals surface area (Å²) in [6, 6.07) is 1.56. The number of nitrogens with zero attached hydrogens (tertiary/aromatic N) is 3. The fraction of sp³-hybridized carbons (Fsp3) is 0.417. The number of hydrogen-bond donors (Lipinski definition) is 2. The summed E-state index contributed by atoms with van der Waals surface area (Å²) in [5, 5.41) is 5.92. The average Bonchev–Trinajstić information content (AvgIpc) is 2.84. The zero-order valence-electron chi connectivity index (χ0n) is 11.2. The molecule has 0 saturated carbocycles. The van der Waals surface area contributed by atoms with Crippen LogP contribution in [-0.2, 0) is 4.79 Å². The summed E-state index contributed by atoms with van der Waals surface area (Å²) < 4.78 is 0. The van der Waals surface area contributed by atoms with Gasteiger partial charge in [-0.25, -0.2) is 4.98 Å². The predicted octanol–water partition coefficient (Wildman–Crippen LogP) is 1.55. The SMILES string of the molecule is CCN(C)C(=O)C(C)Nc1nc(N)nc2sccc12. The van der Waals surface area contributed by atoms with Crippen molar-refractivity contribution in [3.8, 4) is 0 Å². The molecule has 6 nitrogen and oxygen atoms in total. The normalized spacial score (nSPS) is 12.4. The third kappa shape index (κ3) is 2.76. The minimum absolute atomic E-state index is 0.0167. The highest BCUT2D eigenvalue weighted by Gasteiger charge is 2.18. The minimum atomic E-state index is -0.359. The van der Waals surface area contributed by atoms with Gasteiger partial charge in [-0.3, -0.25) is 4.79 Å². The molecule has 102 valence electrons. The zero-order valence-corrected chi connectivity index (χ0v) is 12.0. The van der Waals surface area contributed by atoms with E-state index in [4.69, 9.17) is 5.73 Å². The maximum Gasteiger partial charge on any atom is 0.244 e. The molecule has 19 heavy (non-hydrogen) atoms. The van der Waals surface area contributed by atoms with Crippen LogP contribution in [0.2, 0.25) is 0 Å². The van der Waals surface area contributed by atoms with Crippen LogP contribution < -0.4 is 11.1 Å². The van der Waals surface area contributed by atoms with E-state index >= 15 is 0 Å². The molecule has 0 saturated heterocycles. The first-order valence-corrected chi connectivity index (χ1v) is 6.93. The van der Waals surface area contributed by atoms with Gasteiger partial charge in [0.05, 0.1) is 5.39 Å². The lowest BCUT2D eigenvalue weighted by molar-refractivity contribution is -0.130. The first kappa shape index (κ1) is 13.5. The van der Waals surface area contributed by atoms with Crippen LogP contribution in [0, 0.1) is 0 Å². The highest BCUT2D eigenvalue weighted by Crippen LogP contribution is 2.26. The molecular weight excluding hydrogens is 262 g/mol. The molecule has 7 heteroatoms. The Morgan fingerprint density at radius 3 is 3.00 bits per heavy atom. The maximum atomic E-state index is 12.0.